The number of nitrogens with one attached hydrogen (secondary N) is 1. The lowest BCUT2D eigenvalue weighted by Crippen LogP contribution is -2.36. The first-order valence-electron chi connectivity index (χ1n) is 12.4. The summed E-state index contributed by atoms with van der Waals surface area (Å²) in [5, 5.41) is 38.9. The van der Waals surface area contributed by atoms with Gasteiger partial charge in [0.05, 0.1) is 35.9 Å². The van der Waals surface area contributed by atoms with Crippen LogP contribution in [0.5, 0.6) is 0 Å². The molecule has 1 fully saturated rings. The van der Waals surface area contributed by atoms with Crippen molar-refractivity contribution in [3.05, 3.63) is 89.5 Å². The van der Waals surface area contributed by atoms with E-state index >= 15 is 0 Å². The summed E-state index contributed by atoms with van der Waals surface area (Å²) < 4.78 is 28.8. The summed E-state index contributed by atoms with van der Waals surface area (Å²) in [5.74, 6) is -0.918. The van der Waals surface area contributed by atoms with Gasteiger partial charge < -0.3 is 20.1 Å². The van der Waals surface area contributed by atoms with Crippen molar-refractivity contribution in [3.63, 3.8) is 0 Å². The number of rotatable bonds is 9. The maximum Gasteiger partial charge on any atom is 0.333 e. The Morgan fingerprint density at radius 1 is 1.18 bits per heavy atom. The maximum absolute atomic E-state index is 13.9. The molecule has 0 spiro atoms. The van der Waals surface area contributed by atoms with Crippen LogP contribution in [-0.4, -0.2) is 63.8 Å². The molecule has 4 aromatic rings. The van der Waals surface area contributed by atoms with Gasteiger partial charge in [-0.1, -0.05) is 30.3 Å². The van der Waals surface area contributed by atoms with Crippen molar-refractivity contribution in [2.45, 2.75) is 31.2 Å². The molecule has 5 N–H and O–H groups in total. The molecule has 12 nitrogen and oxygen atoms in total. The molecule has 0 radical (unpaired) electrons. The number of anilines is 1. The third kappa shape index (κ3) is 5.71. The van der Waals surface area contributed by atoms with Crippen molar-refractivity contribution in [3.8, 4) is 6.07 Å². The lowest BCUT2D eigenvalue weighted by Gasteiger charge is -2.19. The summed E-state index contributed by atoms with van der Waals surface area (Å²) >= 11 is 0. The van der Waals surface area contributed by atoms with E-state index in [-0.39, 0.29) is 23.6 Å². The monoisotopic (exact) mass is 562 g/mol. The van der Waals surface area contributed by atoms with Gasteiger partial charge in [-0.3, -0.25) is 8.98 Å². The zero-order valence-corrected chi connectivity index (χ0v) is 21.9. The molecule has 1 aliphatic rings. The van der Waals surface area contributed by atoms with Gasteiger partial charge in [-0.2, -0.15) is 13.7 Å². The smallest absolute Gasteiger partial charge is 0.333 e. The lowest BCUT2D eigenvalue weighted by molar-refractivity contribution is 0.00778. The van der Waals surface area contributed by atoms with Crippen LogP contribution in [0.15, 0.2) is 67.3 Å². The van der Waals surface area contributed by atoms with E-state index in [1.807, 2.05) is 41.0 Å². The number of hydrogen-bond donors (Lipinski definition) is 4. The third-order valence-electron chi connectivity index (χ3n) is 6.97. The number of benzene rings is 2. The van der Waals surface area contributed by atoms with E-state index < -0.39 is 41.1 Å². The molecule has 2 heterocycles. The number of fused-ring (bicyclic) bond motifs is 1. The van der Waals surface area contributed by atoms with Gasteiger partial charge in [-0.05, 0) is 30.2 Å². The summed E-state index contributed by atoms with van der Waals surface area (Å²) in [6.45, 7) is 0.0371. The van der Waals surface area contributed by atoms with E-state index in [1.54, 1.807) is 18.3 Å². The quantitative estimate of drug-likeness (QED) is 0.216. The molecule has 0 unspecified atom stereocenters. The van der Waals surface area contributed by atoms with Crippen molar-refractivity contribution in [1.29, 1.82) is 5.26 Å². The second kappa shape index (κ2) is 11.1. The number of nitriles is 1. The number of carbonyl (C=O) groups is 1. The van der Waals surface area contributed by atoms with Gasteiger partial charge in [-0.25, -0.2) is 15.1 Å². The van der Waals surface area contributed by atoms with Crippen molar-refractivity contribution in [2.75, 3.05) is 11.9 Å². The summed E-state index contributed by atoms with van der Waals surface area (Å²) in [4.78, 5) is 22.1. The van der Waals surface area contributed by atoms with Crippen LogP contribution in [0, 0.1) is 17.2 Å². The molecule has 13 heteroatoms. The van der Waals surface area contributed by atoms with Gasteiger partial charge in [-0.15, -0.1) is 0 Å². The van der Waals surface area contributed by atoms with Crippen LogP contribution < -0.4 is 10.5 Å². The molecule has 0 bridgehead atoms. The number of carbonyl (C=O) groups excluding carboxylic acids is 1. The van der Waals surface area contributed by atoms with E-state index in [2.05, 4.69) is 25.5 Å². The Kier molecular flexibility index (Phi) is 7.61. The first-order chi connectivity index (χ1) is 19.1. The molecule has 4 atom stereocenters. The highest BCUT2D eigenvalue weighted by atomic mass is 32.2. The number of ketones is 1. The van der Waals surface area contributed by atoms with Gasteiger partial charge >= 0.3 is 10.3 Å². The zero-order valence-electron chi connectivity index (χ0n) is 21.1. The Labute approximate surface area is 229 Å². The Hall–Kier alpha value is -4.19. The molecule has 2 aromatic heterocycles. The first kappa shape index (κ1) is 27.4. The maximum atomic E-state index is 13.9. The molecule has 1 aliphatic carbocycles. The molecular formula is C27H26N6O6S. The van der Waals surface area contributed by atoms with E-state index in [1.165, 1.54) is 12.5 Å². The van der Waals surface area contributed by atoms with E-state index in [9.17, 15) is 28.7 Å². The van der Waals surface area contributed by atoms with Gasteiger partial charge in [0.25, 0.3) is 0 Å². The molecule has 5 rings (SSSR count). The second-order valence-electron chi connectivity index (χ2n) is 9.62. The lowest BCUT2D eigenvalue weighted by atomic mass is 10.0. The van der Waals surface area contributed by atoms with Crippen molar-refractivity contribution < 1.29 is 27.6 Å². The number of aromatic nitrogens is 3. The highest BCUT2D eigenvalue weighted by Crippen LogP contribution is 2.31. The minimum Gasteiger partial charge on any atom is -0.390 e. The molecule has 2 aromatic carbocycles. The molecule has 0 amide bonds. The largest absolute Gasteiger partial charge is 0.390 e. The van der Waals surface area contributed by atoms with Gasteiger partial charge in [0.2, 0.25) is 0 Å². The minimum atomic E-state index is -4.21. The fraction of sp³-hybridized carbons (Fsp3) is 0.259. The Morgan fingerprint density at radius 2 is 1.98 bits per heavy atom. The summed E-state index contributed by atoms with van der Waals surface area (Å²) in [5.41, 5.74) is 2.84. The third-order valence-corrected chi connectivity index (χ3v) is 7.43. The van der Waals surface area contributed by atoms with Crippen LogP contribution in [0.4, 0.5) is 5.82 Å². The number of nitrogens with two attached hydrogens (primary N) is 1. The standard InChI is InChI=1S/C27H26N6O6S/c28-10-16-4-3-5-17(8-16)12-33-13-21(19-6-1-2-7-23(19)33)25(35)20-11-30-15-31-27(20)32-22-9-18(24(34)26(22)36)14-39-40(29,37)38/h1-8,11,13,15,18,22,24,26,34,36H,9,12,14H2,(H2,29,37,38)(H,30,31,32)/t18-,22-,24-,26+/m1/s1. The normalized spacial score (nSPS) is 20.9. The first-order valence-corrected chi connectivity index (χ1v) is 13.8. The molecule has 1 saturated carbocycles. The molecule has 206 valence electrons. The van der Waals surface area contributed by atoms with Crippen molar-refractivity contribution >= 4 is 32.8 Å². The van der Waals surface area contributed by atoms with Gasteiger partial charge in [0, 0.05) is 41.3 Å². The van der Waals surface area contributed by atoms with Crippen LogP contribution >= 0.6 is 0 Å². The highest BCUT2D eigenvalue weighted by Gasteiger charge is 2.42. The molecule has 0 aliphatic heterocycles. The number of hydrogen-bond acceptors (Lipinski definition) is 10. The summed E-state index contributed by atoms with van der Waals surface area (Å²) in [7, 11) is -4.21. The topological polar surface area (TPSA) is 193 Å². The number of aliphatic hydroxyl groups excluding tert-OH is 2. The van der Waals surface area contributed by atoms with Crippen LogP contribution in [0.1, 0.15) is 33.5 Å². The predicted octanol–water partition coefficient (Wildman–Crippen LogP) is 1.32. The highest BCUT2D eigenvalue weighted by molar-refractivity contribution is 7.84. The minimum absolute atomic E-state index is 0.135. The Balaban J connectivity index is 1.42. The molecular weight excluding hydrogens is 536 g/mol. The van der Waals surface area contributed by atoms with Crippen molar-refractivity contribution in [2.24, 2.45) is 11.1 Å². The van der Waals surface area contributed by atoms with Crippen LogP contribution in [0.25, 0.3) is 10.9 Å². The Bertz CT molecular complexity index is 1720. The number of nitrogens with zero attached hydrogens (tertiary/aromatic N) is 4. The SMILES string of the molecule is N#Cc1cccc(Cn2cc(C(=O)c3cncnc3N[C@@H]3C[C@H](COS(N)(=O)=O)[C@@H](O)[C@H]3O)c3ccccc32)c1. The average molecular weight is 563 g/mol. The van der Waals surface area contributed by atoms with Gasteiger partial charge in [0.15, 0.2) is 5.78 Å². The number of aliphatic hydroxyl groups is 2. The van der Waals surface area contributed by atoms with Crippen LogP contribution in [0.2, 0.25) is 0 Å². The second-order valence-corrected chi connectivity index (χ2v) is 10.8. The van der Waals surface area contributed by atoms with E-state index in [4.69, 9.17) is 5.14 Å². The number of para-hydroxylation sites is 1. The fourth-order valence-corrected chi connectivity index (χ4v) is 5.41. The predicted molar refractivity (Wildman–Crippen MR) is 144 cm³/mol. The zero-order chi connectivity index (χ0) is 28.4. The van der Waals surface area contributed by atoms with Gasteiger partial charge in [0.1, 0.15) is 18.2 Å². The van der Waals surface area contributed by atoms with E-state index in [0.29, 0.717) is 17.7 Å². The van der Waals surface area contributed by atoms with Crippen LogP contribution in [0.3, 0.4) is 0 Å². The Morgan fingerprint density at radius 3 is 2.75 bits per heavy atom. The summed E-state index contributed by atoms with van der Waals surface area (Å²) in [6, 6.07) is 16.1. The van der Waals surface area contributed by atoms with E-state index in [0.717, 1.165) is 16.5 Å². The molecule has 0 saturated heterocycles. The fourth-order valence-electron chi connectivity index (χ4n) is 5.04. The van der Waals surface area contributed by atoms with Crippen molar-refractivity contribution in [1.82, 2.24) is 14.5 Å². The molecule has 40 heavy (non-hydrogen) atoms. The summed E-state index contributed by atoms with van der Waals surface area (Å²) in [6.07, 6.45) is 1.95. The van der Waals surface area contributed by atoms with Crippen LogP contribution in [-0.2, 0) is 21.0 Å². The average Bonchev–Trinajstić information content (AvgIpc) is 3.44.